The van der Waals surface area contributed by atoms with Crippen molar-refractivity contribution in [2.24, 2.45) is 0 Å². The van der Waals surface area contributed by atoms with E-state index in [1.165, 1.54) is 19.3 Å². The molecular formula is C10H19NO2. The predicted molar refractivity (Wildman–Crippen MR) is 51.7 cm³/mol. The summed E-state index contributed by atoms with van der Waals surface area (Å²) in [5.74, 6) is 0. The van der Waals surface area contributed by atoms with Gasteiger partial charge in [0.1, 0.15) is 6.61 Å². The molecule has 0 spiro atoms. The largest absolute Gasteiger partial charge is 0.447 e. The molecule has 3 nitrogen and oxygen atoms in total. The van der Waals surface area contributed by atoms with E-state index in [1.807, 2.05) is 11.8 Å². The van der Waals surface area contributed by atoms with E-state index in [0.29, 0.717) is 6.61 Å². The summed E-state index contributed by atoms with van der Waals surface area (Å²) in [6, 6.07) is 0.272. The molecule has 1 saturated heterocycles. The van der Waals surface area contributed by atoms with Gasteiger partial charge in [-0.1, -0.05) is 26.2 Å². The molecule has 1 fully saturated rings. The standard InChI is InChI=1S/C10H19NO2/c1-3-4-5-6-7-11-9(2)8-13-10(11)12/h9H,3-8H2,1-2H3. The fourth-order valence-electron chi connectivity index (χ4n) is 1.57. The number of amides is 1. The number of hydrogen-bond acceptors (Lipinski definition) is 2. The second-order valence-corrected chi connectivity index (χ2v) is 3.68. The number of ether oxygens (including phenoxy) is 1. The van der Waals surface area contributed by atoms with Crippen LogP contribution in [0.1, 0.15) is 39.5 Å². The molecule has 1 heterocycles. The molecule has 13 heavy (non-hydrogen) atoms. The van der Waals surface area contributed by atoms with Crippen LogP contribution in [-0.2, 0) is 4.74 Å². The van der Waals surface area contributed by atoms with Crippen molar-refractivity contribution in [3.63, 3.8) is 0 Å². The van der Waals surface area contributed by atoms with Crippen molar-refractivity contribution in [2.45, 2.75) is 45.6 Å². The normalized spacial score (nSPS) is 22.2. The second-order valence-electron chi connectivity index (χ2n) is 3.68. The molecule has 1 rings (SSSR count). The van der Waals surface area contributed by atoms with Crippen LogP contribution in [0.25, 0.3) is 0 Å². The molecule has 76 valence electrons. The first-order valence-electron chi connectivity index (χ1n) is 5.19. The highest BCUT2D eigenvalue weighted by molar-refractivity contribution is 5.69. The van der Waals surface area contributed by atoms with E-state index in [1.54, 1.807) is 0 Å². The highest BCUT2D eigenvalue weighted by Gasteiger charge is 2.28. The number of nitrogens with zero attached hydrogens (tertiary/aromatic N) is 1. The predicted octanol–water partition coefficient (Wildman–Crippen LogP) is 2.41. The Hall–Kier alpha value is -0.730. The van der Waals surface area contributed by atoms with Gasteiger partial charge in [0.25, 0.3) is 0 Å². The Morgan fingerprint density at radius 2 is 2.23 bits per heavy atom. The van der Waals surface area contributed by atoms with Gasteiger partial charge in [-0.25, -0.2) is 4.79 Å². The minimum Gasteiger partial charge on any atom is -0.447 e. The first-order valence-corrected chi connectivity index (χ1v) is 5.19. The molecule has 3 heteroatoms. The third kappa shape index (κ3) is 2.90. The fraction of sp³-hybridized carbons (Fsp3) is 0.900. The molecule has 0 aliphatic carbocycles. The van der Waals surface area contributed by atoms with E-state index in [0.717, 1.165) is 13.0 Å². The van der Waals surface area contributed by atoms with Crippen LogP contribution in [0.15, 0.2) is 0 Å². The Bertz CT molecular complexity index is 170. The van der Waals surface area contributed by atoms with Crippen molar-refractivity contribution in [3.8, 4) is 0 Å². The van der Waals surface area contributed by atoms with Gasteiger partial charge in [-0.15, -0.1) is 0 Å². The summed E-state index contributed by atoms with van der Waals surface area (Å²) in [5.41, 5.74) is 0. The van der Waals surface area contributed by atoms with Crippen molar-refractivity contribution in [1.29, 1.82) is 0 Å². The van der Waals surface area contributed by atoms with Gasteiger partial charge in [0.15, 0.2) is 0 Å². The molecule has 0 aromatic carbocycles. The molecular weight excluding hydrogens is 166 g/mol. The SMILES string of the molecule is CCCCCCN1C(=O)OCC1C. The maximum absolute atomic E-state index is 11.2. The Balaban J connectivity index is 2.16. The molecule has 0 aromatic rings. The van der Waals surface area contributed by atoms with E-state index in [9.17, 15) is 4.79 Å². The minimum absolute atomic E-state index is 0.135. The average Bonchev–Trinajstić information content (AvgIpc) is 2.42. The number of rotatable bonds is 5. The van der Waals surface area contributed by atoms with Gasteiger partial charge in [0.2, 0.25) is 0 Å². The molecule has 0 radical (unpaired) electrons. The van der Waals surface area contributed by atoms with Crippen LogP contribution in [0.2, 0.25) is 0 Å². The summed E-state index contributed by atoms with van der Waals surface area (Å²) in [5, 5.41) is 0. The zero-order valence-corrected chi connectivity index (χ0v) is 8.58. The van der Waals surface area contributed by atoms with Gasteiger partial charge >= 0.3 is 6.09 Å². The van der Waals surface area contributed by atoms with Crippen molar-refractivity contribution in [3.05, 3.63) is 0 Å². The average molecular weight is 185 g/mol. The van der Waals surface area contributed by atoms with E-state index in [4.69, 9.17) is 4.74 Å². The summed E-state index contributed by atoms with van der Waals surface area (Å²) >= 11 is 0. The molecule has 1 amide bonds. The van der Waals surface area contributed by atoms with E-state index >= 15 is 0 Å². The van der Waals surface area contributed by atoms with E-state index in [2.05, 4.69) is 6.92 Å². The van der Waals surface area contributed by atoms with Crippen LogP contribution in [0.4, 0.5) is 4.79 Å². The van der Waals surface area contributed by atoms with Gasteiger partial charge in [-0.05, 0) is 13.3 Å². The fourth-order valence-corrected chi connectivity index (χ4v) is 1.57. The van der Waals surface area contributed by atoms with Gasteiger partial charge in [0.05, 0.1) is 6.04 Å². The number of unbranched alkanes of at least 4 members (excludes halogenated alkanes) is 3. The van der Waals surface area contributed by atoms with E-state index < -0.39 is 0 Å². The quantitative estimate of drug-likeness (QED) is 0.615. The van der Waals surface area contributed by atoms with Gasteiger partial charge < -0.3 is 9.64 Å². The molecule has 1 atom stereocenters. The lowest BCUT2D eigenvalue weighted by Crippen LogP contribution is -2.32. The van der Waals surface area contributed by atoms with Gasteiger partial charge in [-0.2, -0.15) is 0 Å². The monoisotopic (exact) mass is 185 g/mol. The molecule has 0 aromatic heterocycles. The van der Waals surface area contributed by atoms with Gasteiger partial charge in [-0.3, -0.25) is 0 Å². The highest BCUT2D eigenvalue weighted by Crippen LogP contribution is 2.13. The summed E-state index contributed by atoms with van der Waals surface area (Å²) in [6.07, 6.45) is 4.68. The number of cyclic esters (lactones) is 1. The molecule has 1 aliphatic heterocycles. The number of carbonyl (C=O) groups excluding carboxylic acids is 1. The van der Waals surface area contributed by atoms with Crippen LogP contribution < -0.4 is 0 Å². The number of hydrogen-bond donors (Lipinski definition) is 0. The Kier molecular flexibility index (Phi) is 4.06. The highest BCUT2D eigenvalue weighted by atomic mass is 16.6. The van der Waals surface area contributed by atoms with Crippen molar-refractivity contribution in [2.75, 3.05) is 13.2 Å². The minimum atomic E-state index is -0.135. The maximum atomic E-state index is 11.2. The van der Waals surface area contributed by atoms with Crippen molar-refractivity contribution in [1.82, 2.24) is 4.90 Å². The van der Waals surface area contributed by atoms with Crippen molar-refractivity contribution >= 4 is 6.09 Å². The van der Waals surface area contributed by atoms with Crippen LogP contribution >= 0.6 is 0 Å². The Morgan fingerprint density at radius 3 is 2.77 bits per heavy atom. The maximum Gasteiger partial charge on any atom is 0.410 e. The molecule has 0 bridgehead atoms. The van der Waals surface area contributed by atoms with Crippen LogP contribution in [0, 0.1) is 0 Å². The lowest BCUT2D eigenvalue weighted by atomic mass is 10.2. The Morgan fingerprint density at radius 1 is 1.46 bits per heavy atom. The number of carbonyl (C=O) groups is 1. The van der Waals surface area contributed by atoms with Crippen LogP contribution in [0.5, 0.6) is 0 Å². The third-order valence-corrected chi connectivity index (χ3v) is 2.47. The van der Waals surface area contributed by atoms with E-state index in [-0.39, 0.29) is 12.1 Å². The second kappa shape index (κ2) is 5.10. The summed E-state index contributed by atoms with van der Waals surface area (Å²) in [6.45, 7) is 5.64. The van der Waals surface area contributed by atoms with Gasteiger partial charge in [0, 0.05) is 6.54 Å². The molecule has 1 unspecified atom stereocenters. The first kappa shape index (κ1) is 10.4. The molecule has 0 saturated carbocycles. The first-order chi connectivity index (χ1) is 6.25. The Labute approximate surface area is 80.1 Å². The van der Waals surface area contributed by atoms with Crippen LogP contribution in [-0.4, -0.2) is 30.2 Å². The zero-order chi connectivity index (χ0) is 9.68. The summed E-state index contributed by atoms with van der Waals surface area (Å²) in [4.78, 5) is 13.0. The smallest absolute Gasteiger partial charge is 0.410 e. The lowest BCUT2D eigenvalue weighted by molar-refractivity contribution is 0.157. The topological polar surface area (TPSA) is 29.5 Å². The lowest BCUT2D eigenvalue weighted by Gasteiger charge is -2.17. The van der Waals surface area contributed by atoms with Crippen LogP contribution in [0.3, 0.4) is 0 Å². The zero-order valence-electron chi connectivity index (χ0n) is 8.58. The molecule has 0 N–H and O–H groups in total. The summed E-state index contributed by atoms with van der Waals surface area (Å²) < 4.78 is 4.92. The molecule has 1 aliphatic rings. The summed E-state index contributed by atoms with van der Waals surface area (Å²) in [7, 11) is 0. The third-order valence-electron chi connectivity index (χ3n) is 2.47. The van der Waals surface area contributed by atoms with Crippen molar-refractivity contribution < 1.29 is 9.53 Å².